The summed E-state index contributed by atoms with van der Waals surface area (Å²) in [5, 5.41) is 16.2. The molecule has 2 heterocycles. The molecule has 0 aromatic carbocycles. The van der Waals surface area contributed by atoms with Crippen LogP contribution >= 0.6 is 11.8 Å². The van der Waals surface area contributed by atoms with Crippen LogP contribution in [0.4, 0.5) is 0 Å². The topological polar surface area (TPSA) is 81.4 Å². The number of hydrogen-bond acceptors (Lipinski definition) is 7. The molecular weight excluding hydrogens is 250 g/mol. The fraction of sp³-hybridized carbons (Fsp3) is 0.500. The van der Waals surface area contributed by atoms with E-state index in [2.05, 4.69) is 30.8 Å². The maximum Gasteiger partial charge on any atom is 0.217 e. The molecule has 0 saturated heterocycles. The van der Waals surface area contributed by atoms with Crippen LogP contribution in [0.3, 0.4) is 0 Å². The van der Waals surface area contributed by atoms with Gasteiger partial charge in [-0.15, -0.1) is 5.10 Å². The molecule has 0 bridgehead atoms. The average molecular weight is 263 g/mol. The SMILES string of the molecule is CNCc1cnc(Sc2nnnn2C2CC2)nc1. The molecule has 1 aliphatic carbocycles. The van der Waals surface area contributed by atoms with E-state index in [9.17, 15) is 0 Å². The maximum atomic E-state index is 4.30. The lowest BCUT2D eigenvalue weighted by molar-refractivity contribution is 0.565. The van der Waals surface area contributed by atoms with E-state index in [1.54, 1.807) is 0 Å². The zero-order valence-corrected chi connectivity index (χ0v) is 10.8. The van der Waals surface area contributed by atoms with Gasteiger partial charge in [-0.25, -0.2) is 14.6 Å². The number of tetrazole rings is 1. The molecule has 1 fully saturated rings. The highest BCUT2D eigenvalue weighted by Gasteiger charge is 2.28. The Balaban J connectivity index is 1.73. The van der Waals surface area contributed by atoms with E-state index in [0.29, 0.717) is 11.2 Å². The molecule has 0 spiro atoms. The first kappa shape index (κ1) is 11.5. The molecule has 0 atom stereocenters. The van der Waals surface area contributed by atoms with Crippen LogP contribution in [-0.2, 0) is 6.54 Å². The average Bonchev–Trinajstić information content (AvgIpc) is 3.13. The quantitative estimate of drug-likeness (QED) is 0.794. The molecule has 0 unspecified atom stereocenters. The predicted molar refractivity (Wildman–Crippen MR) is 65.0 cm³/mol. The van der Waals surface area contributed by atoms with Gasteiger partial charge in [0.15, 0.2) is 5.16 Å². The standard InChI is InChI=1S/C10H13N7S/c1-11-4-7-5-12-9(13-6-7)18-10-14-15-16-17(10)8-2-3-8/h5-6,8,11H,2-4H2,1H3. The Kier molecular flexibility index (Phi) is 3.20. The van der Waals surface area contributed by atoms with E-state index in [4.69, 9.17) is 0 Å². The molecule has 0 radical (unpaired) electrons. The van der Waals surface area contributed by atoms with Crippen molar-refractivity contribution in [2.45, 2.75) is 35.7 Å². The summed E-state index contributed by atoms with van der Waals surface area (Å²) in [7, 11) is 1.90. The van der Waals surface area contributed by atoms with Gasteiger partial charge in [0, 0.05) is 24.5 Å². The first-order valence-corrected chi connectivity index (χ1v) is 6.59. The third-order valence-electron chi connectivity index (χ3n) is 2.60. The first-order valence-electron chi connectivity index (χ1n) is 5.78. The lowest BCUT2D eigenvalue weighted by atomic mass is 10.3. The van der Waals surface area contributed by atoms with Gasteiger partial charge in [0.2, 0.25) is 5.16 Å². The summed E-state index contributed by atoms with van der Waals surface area (Å²) in [5.41, 5.74) is 1.06. The van der Waals surface area contributed by atoms with E-state index in [-0.39, 0.29) is 0 Å². The van der Waals surface area contributed by atoms with Gasteiger partial charge < -0.3 is 5.32 Å². The molecule has 18 heavy (non-hydrogen) atoms. The van der Waals surface area contributed by atoms with Crippen molar-refractivity contribution in [1.29, 1.82) is 0 Å². The van der Waals surface area contributed by atoms with Crippen LogP contribution < -0.4 is 5.32 Å². The van der Waals surface area contributed by atoms with Crippen LogP contribution in [0.2, 0.25) is 0 Å². The molecule has 2 aromatic heterocycles. The van der Waals surface area contributed by atoms with Crippen molar-refractivity contribution in [2.75, 3.05) is 7.05 Å². The summed E-state index contributed by atoms with van der Waals surface area (Å²) in [4.78, 5) is 8.59. The first-order chi connectivity index (χ1) is 8.86. The second kappa shape index (κ2) is 4.99. The molecule has 0 amide bonds. The van der Waals surface area contributed by atoms with Crippen molar-refractivity contribution >= 4 is 11.8 Å². The molecule has 0 aliphatic heterocycles. The third-order valence-corrected chi connectivity index (χ3v) is 3.45. The fourth-order valence-electron chi connectivity index (χ4n) is 1.57. The summed E-state index contributed by atoms with van der Waals surface area (Å²) in [6, 6.07) is 0.464. The molecule has 8 heteroatoms. The highest BCUT2D eigenvalue weighted by atomic mass is 32.2. The van der Waals surface area contributed by atoms with Gasteiger partial charge in [0.05, 0.1) is 6.04 Å². The van der Waals surface area contributed by atoms with Crippen LogP contribution in [-0.4, -0.2) is 37.2 Å². The summed E-state index contributed by atoms with van der Waals surface area (Å²) < 4.78 is 1.86. The summed E-state index contributed by atoms with van der Waals surface area (Å²) in [5.74, 6) is 0. The number of hydrogen-bond donors (Lipinski definition) is 1. The molecular formula is C10H13N7S. The Bertz CT molecular complexity index is 519. The predicted octanol–water partition coefficient (Wildman–Crippen LogP) is 0.669. The minimum atomic E-state index is 0.464. The van der Waals surface area contributed by atoms with Gasteiger partial charge in [0.1, 0.15) is 0 Å². The normalized spacial score (nSPS) is 14.9. The van der Waals surface area contributed by atoms with Crippen LogP contribution in [0, 0.1) is 0 Å². The summed E-state index contributed by atoms with van der Waals surface area (Å²) >= 11 is 1.40. The van der Waals surface area contributed by atoms with Crippen LogP contribution in [0.25, 0.3) is 0 Å². The van der Waals surface area contributed by atoms with Crippen molar-refractivity contribution in [3.05, 3.63) is 18.0 Å². The number of nitrogens with zero attached hydrogens (tertiary/aromatic N) is 6. The van der Waals surface area contributed by atoms with E-state index >= 15 is 0 Å². The molecule has 94 valence electrons. The van der Waals surface area contributed by atoms with Gasteiger partial charge in [-0.1, -0.05) is 0 Å². The number of nitrogens with one attached hydrogen (secondary N) is 1. The van der Waals surface area contributed by atoms with Crippen molar-refractivity contribution < 1.29 is 0 Å². The van der Waals surface area contributed by atoms with E-state index in [0.717, 1.165) is 30.1 Å². The third kappa shape index (κ3) is 2.49. The Labute approximate surface area is 108 Å². The lowest BCUT2D eigenvalue weighted by Gasteiger charge is -2.02. The maximum absolute atomic E-state index is 4.30. The van der Waals surface area contributed by atoms with Crippen molar-refractivity contribution in [2.24, 2.45) is 0 Å². The Hall–Kier alpha value is -1.54. The lowest BCUT2D eigenvalue weighted by Crippen LogP contribution is -2.06. The Morgan fingerprint density at radius 2 is 2.17 bits per heavy atom. The highest BCUT2D eigenvalue weighted by molar-refractivity contribution is 7.99. The fourth-order valence-corrected chi connectivity index (χ4v) is 2.30. The van der Waals surface area contributed by atoms with E-state index in [1.807, 2.05) is 24.1 Å². The van der Waals surface area contributed by atoms with Crippen molar-refractivity contribution in [3.8, 4) is 0 Å². The van der Waals surface area contributed by atoms with Crippen LogP contribution in [0.1, 0.15) is 24.4 Å². The molecule has 3 rings (SSSR count). The second-order valence-electron chi connectivity index (χ2n) is 4.14. The number of rotatable bonds is 5. The molecule has 1 N–H and O–H groups in total. The van der Waals surface area contributed by atoms with E-state index in [1.165, 1.54) is 11.8 Å². The van der Waals surface area contributed by atoms with Crippen molar-refractivity contribution in [3.63, 3.8) is 0 Å². The number of aromatic nitrogens is 6. The van der Waals surface area contributed by atoms with Crippen LogP contribution in [0.5, 0.6) is 0 Å². The van der Waals surface area contributed by atoms with Gasteiger partial charge in [0.25, 0.3) is 0 Å². The van der Waals surface area contributed by atoms with Crippen LogP contribution in [0.15, 0.2) is 22.7 Å². The molecule has 7 nitrogen and oxygen atoms in total. The minimum absolute atomic E-state index is 0.464. The summed E-state index contributed by atoms with van der Waals surface area (Å²) in [6.07, 6.45) is 5.94. The van der Waals surface area contributed by atoms with E-state index < -0.39 is 0 Å². The van der Waals surface area contributed by atoms with Gasteiger partial charge in [-0.05, 0) is 42.1 Å². The largest absolute Gasteiger partial charge is 0.316 e. The van der Waals surface area contributed by atoms with Crippen molar-refractivity contribution in [1.82, 2.24) is 35.5 Å². The molecule has 2 aromatic rings. The van der Waals surface area contributed by atoms with Gasteiger partial charge >= 0.3 is 0 Å². The second-order valence-corrected chi connectivity index (χ2v) is 5.08. The molecule has 1 aliphatic rings. The highest BCUT2D eigenvalue weighted by Crippen LogP contribution is 2.37. The monoisotopic (exact) mass is 263 g/mol. The zero-order valence-electron chi connectivity index (χ0n) is 9.94. The van der Waals surface area contributed by atoms with Gasteiger partial charge in [-0.3, -0.25) is 0 Å². The zero-order chi connectivity index (χ0) is 12.4. The van der Waals surface area contributed by atoms with Gasteiger partial charge in [-0.2, -0.15) is 0 Å². The Morgan fingerprint density at radius 1 is 1.39 bits per heavy atom. The smallest absolute Gasteiger partial charge is 0.217 e. The Morgan fingerprint density at radius 3 is 2.83 bits per heavy atom. The summed E-state index contributed by atoms with van der Waals surface area (Å²) in [6.45, 7) is 0.769. The minimum Gasteiger partial charge on any atom is -0.316 e. The molecule has 1 saturated carbocycles.